The van der Waals surface area contributed by atoms with Crippen molar-refractivity contribution in [1.82, 2.24) is 10.2 Å². The third-order valence-corrected chi connectivity index (χ3v) is 2.44. The lowest BCUT2D eigenvalue weighted by Crippen LogP contribution is -2.41. The lowest BCUT2D eigenvalue weighted by atomic mass is 10.2. The molecule has 0 aliphatic heterocycles. The van der Waals surface area contributed by atoms with Gasteiger partial charge in [-0.1, -0.05) is 0 Å². The van der Waals surface area contributed by atoms with E-state index in [1.165, 1.54) is 0 Å². The van der Waals surface area contributed by atoms with Crippen LogP contribution in [0.15, 0.2) is 0 Å². The van der Waals surface area contributed by atoms with Crippen LogP contribution in [-0.4, -0.2) is 47.7 Å². The van der Waals surface area contributed by atoms with Crippen LogP contribution in [0.2, 0.25) is 0 Å². The molecular formula is C11H24N2O2. The maximum atomic E-state index is 11.7. The van der Waals surface area contributed by atoms with Gasteiger partial charge in [0.05, 0.1) is 6.61 Å². The summed E-state index contributed by atoms with van der Waals surface area (Å²) in [5.41, 5.74) is 0. The van der Waals surface area contributed by atoms with Crippen LogP contribution < -0.4 is 5.32 Å². The van der Waals surface area contributed by atoms with Crippen molar-refractivity contribution >= 4 is 5.91 Å². The summed E-state index contributed by atoms with van der Waals surface area (Å²) in [4.78, 5) is 13.5. The van der Waals surface area contributed by atoms with Crippen molar-refractivity contribution < 1.29 is 9.90 Å². The summed E-state index contributed by atoms with van der Waals surface area (Å²) in [5.74, 6) is 0.171. The van der Waals surface area contributed by atoms with Crippen molar-refractivity contribution in [3.63, 3.8) is 0 Å². The van der Waals surface area contributed by atoms with Gasteiger partial charge in [-0.25, -0.2) is 0 Å². The second-order valence-electron chi connectivity index (χ2n) is 3.92. The quantitative estimate of drug-likeness (QED) is 0.655. The van der Waals surface area contributed by atoms with Crippen LogP contribution >= 0.6 is 0 Å². The SMILES string of the molecule is CCN(CC)C(=O)CC(C)N[C@H](C)CO. The summed E-state index contributed by atoms with van der Waals surface area (Å²) in [5, 5.41) is 12.0. The van der Waals surface area contributed by atoms with Crippen molar-refractivity contribution in [3.05, 3.63) is 0 Å². The molecular weight excluding hydrogens is 192 g/mol. The third-order valence-electron chi connectivity index (χ3n) is 2.44. The molecule has 0 aromatic rings. The van der Waals surface area contributed by atoms with E-state index < -0.39 is 0 Å². The van der Waals surface area contributed by atoms with Gasteiger partial charge in [-0.3, -0.25) is 4.79 Å². The lowest BCUT2D eigenvalue weighted by Gasteiger charge is -2.23. The number of aliphatic hydroxyl groups is 1. The molecule has 0 fully saturated rings. The van der Waals surface area contributed by atoms with E-state index in [-0.39, 0.29) is 24.6 Å². The van der Waals surface area contributed by atoms with Crippen LogP contribution in [0.4, 0.5) is 0 Å². The van der Waals surface area contributed by atoms with Gasteiger partial charge in [0.15, 0.2) is 0 Å². The van der Waals surface area contributed by atoms with Gasteiger partial charge in [0.2, 0.25) is 5.91 Å². The van der Waals surface area contributed by atoms with E-state index in [2.05, 4.69) is 5.32 Å². The van der Waals surface area contributed by atoms with Crippen molar-refractivity contribution in [2.24, 2.45) is 0 Å². The minimum atomic E-state index is 0.0458. The van der Waals surface area contributed by atoms with Crippen LogP contribution in [0.1, 0.15) is 34.1 Å². The summed E-state index contributed by atoms with van der Waals surface area (Å²) < 4.78 is 0. The van der Waals surface area contributed by atoms with Gasteiger partial charge in [-0.15, -0.1) is 0 Å². The molecule has 0 aromatic heterocycles. The first-order valence-electron chi connectivity index (χ1n) is 5.69. The monoisotopic (exact) mass is 216 g/mol. The van der Waals surface area contributed by atoms with E-state index in [0.717, 1.165) is 13.1 Å². The van der Waals surface area contributed by atoms with Gasteiger partial charge in [-0.05, 0) is 27.7 Å². The van der Waals surface area contributed by atoms with Gasteiger partial charge in [0.25, 0.3) is 0 Å². The summed E-state index contributed by atoms with van der Waals surface area (Å²) in [7, 11) is 0. The minimum Gasteiger partial charge on any atom is -0.395 e. The summed E-state index contributed by atoms with van der Waals surface area (Å²) in [6, 6.07) is 0.157. The second-order valence-corrected chi connectivity index (χ2v) is 3.92. The minimum absolute atomic E-state index is 0.0458. The molecule has 0 radical (unpaired) electrons. The van der Waals surface area contributed by atoms with Gasteiger partial charge in [0.1, 0.15) is 0 Å². The van der Waals surface area contributed by atoms with Crippen LogP contribution in [0, 0.1) is 0 Å². The molecule has 2 atom stereocenters. The van der Waals surface area contributed by atoms with Crippen molar-refractivity contribution in [2.45, 2.75) is 46.2 Å². The van der Waals surface area contributed by atoms with E-state index in [1.807, 2.05) is 32.6 Å². The van der Waals surface area contributed by atoms with Gasteiger partial charge < -0.3 is 15.3 Å². The van der Waals surface area contributed by atoms with E-state index in [4.69, 9.17) is 5.11 Å². The molecule has 1 amide bonds. The van der Waals surface area contributed by atoms with E-state index in [1.54, 1.807) is 0 Å². The number of carbonyl (C=O) groups excluding carboxylic acids is 1. The van der Waals surface area contributed by atoms with Gasteiger partial charge in [-0.2, -0.15) is 0 Å². The molecule has 0 rings (SSSR count). The Balaban J connectivity index is 3.94. The van der Waals surface area contributed by atoms with E-state index >= 15 is 0 Å². The zero-order valence-electron chi connectivity index (χ0n) is 10.3. The first-order valence-corrected chi connectivity index (χ1v) is 5.69. The molecule has 0 aromatic carbocycles. The summed E-state index contributed by atoms with van der Waals surface area (Å²) in [6.45, 7) is 9.46. The van der Waals surface area contributed by atoms with E-state index in [9.17, 15) is 4.79 Å². The Labute approximate surface area is 92.7 Å². The van der Waals surface area contributed by atoms with Gasteiger partial charge in [0, 0.05) is 31.6 Å². The third kappa shape index (κ3) is 5.74. The molecule has 1 unspecified atom stereocenters. The fourth-order valence-electron chi connectivity index (χ4n) is 1.56. The van der Waals surface area contributed by atoms with Crippen LogP contribution in [0.3, 0.4) is 0 Å². The molecule has 2 N–H and O–H groups in total. The Hall–Kier alpha value is -0.610. The Morgan fingerprint density at radius 1 is 1.27 bits per heavy atom. The highest BCUT2D eigenvalue weighted by Gasteiger charge is 2.14. The second kappa shape index (κ2) is 7.65. The molecule has 0 spiro atoms. The molecule has 0 bridgehead atoms. The van der Waals surface area contributed by atoms with Gasteiger partial charge >= 0.3 is 0 Å². The maximum absolute atomic E-state index is 11.7. The van der Waals surface area contributed by atoms with Crippen LogP contribution in [-0.2, 0) is 4.79 Å². The van der Waals surface area contributed by atoms with Crippen molar-refractivity contribution in [3.8, 4) is 0 Å². The maximum Gasteiger partial charge on any atom is 0.224 e. The largest absolute Gasteiger partial charge is 0.395 e. The fourth-order valence-corrected chi connectivity index (χ4v) is 1.56. The molecule has 0 saturated carbocycles. The van der Waals surface area contributed by atoms with Crippen LogP contribution in [0.5, 0.6) is 0 Å². The number of nitrogens with zero attached hydrogens (tertiary/aromatic N) is 1. The molecule has 0 heterocycles. The standard InChI is InChI=1S/C11H24N2O2/c1-5-13(6-2)11(15)7-9(3)12-10(4)8-14/h9-10,12,14H,5-8H2,1-4H3/t9?,10-/m1/s1. The zero-order chi connectivity index (χ0) is 11.8. The van der Waals surface area contributed by atoms with Crippen molar-refractivity contribution in [2.75, 3.05) is 19.7 Å². The highest BCUT2D eigenvalue weighted by molar-refractivity contribution is 5.76. The number of hydrogen-bond acceptors (Lipinski definition) is 3. The predicted molar refractivity (Wildman–Crippen MR) is 61.7 cm³/mol. The first-order chi connectivity index (χ1) is 7.04. The average molecular weight is 216 g/mol. The Bertz CT molecular complexity index is 181. The number of aliphatic hydroxyl groups excluding tert-OH is 1. The summed E-state index contributed by atoms with van der Waals surface area (Å²) >= 11 is 0. The Morgan fingerprint density at radius 2 is 1.80 bits per heavy atom. The lowest BCUT2D eigenvalue weighted by molar-refractivity contribution is -0.131. The van der Waals surface area contributed by atoms with Crippen LogP contribution in [0.25, 0.3) is 0 Å². The first kappa shape index (κ1) is 14.4. The number of carbonyl (C=O) groups is 1. The Kier molecular flexibility index (Phi) is 7.34. The molecule has 0 saturated heterocycles. The normalized spacial score (nSPS) is 14.7. The number of rotatable bonds is 7. The molecule has 0 aliphatic carbocycles. The molecule has 90 valence electrons. The number of nitrogens with one attached hydrogen (secondary N) is 1. The fraction of sp³-hybridized carbons (Fsp3) is 0.909. The predicted octanol–water partition coefficient (Wildman–Crippen LogP) is 0.604. The highest BCUT2D eigenvalue weighted by Crippen LogP contribution is 1.99. The topological polar surface area (TPSA) is 52.6 Å². The zero-order valence-corrected chi connectivity index (χ0v) is 10.3. The molecule has 4 nitrogen and oxygen atoms in total. The number of amides is 1. The molecule has 15 heavy (non-hydrogen) atoms. The smallest absolute Gasteiger partial charge is 0.224 e. The molecule has 4 heteroatoms. The average Bonchev–Trinajstić information content (AvgIpc) is 2.19. The Morgan fingerprint density at radius 3 is 2.20 bits per heavy atom. The van der Waals surface area contributed by atoms with E-state index in [0.29, 0.717) is 6.42 Å². The number of hydrogen-bond donors (Lipinski definition) is 2. The highest BCUT2D eigenvalue weighted by atomic mass is 16.3. The summed E-state index contributed by atoms with van der Waals surface area (Å²) in [6.07, 6.45) is 0.492. The molecule has 0 aliphatic rings. The van der Waals surface area contributed by atoms with Crippen molar-refractivity contribution in [1.29, 1.82) is 0 Å².